The quantitative estimate of drug-likeness (QED) is 0.150. The van der Waals surface area contributed by atoms with Crippen LogP contribution in [-0.2, 0) is 16.8 Å². The highest BCUT2D eigenvalue weighted by atomic mass is 32.2. The molecular formula is C25H25N5O3S2. The summed E-state index contributed by atoms with van der Waals surface area (Å²) in [6, 6.07) is 20.3. The van der Waals surface area contributed by atoms with Gasteiger partial charge in [-0.3, -0.25) is 9.54 Å². The zero-order chi connectivity index (χ0) is 24.4. The second-order valence-electron chi connectivity index (χ2n) is 8.27. The van der Waals surface area contributed by atoms with Gasteiger partial charge in [-0.05, 0) is 53.9 Å². The van der Waals surface area contributed by atoms with Crippen molar-refractivity contribution in [1.82, 2.24) is 19.8 Å². The Hall–Kier alpha value is -3.28. The Balaban J connectivity index is 1.37. The zero-order valence-corrected chi connectivity index (χ0v) is 20.7. The van der Waals surface area contributed by atoms with Crippen LogP contribution in [0.2, 0.25) is 0 Å². The molecule has 0 spiro atoms. The van der Waals surface area contributed by atoms with Gasteiger partial charge in [0.15, 0.2) is 0 Å². The minimum atomic E-state index is -4.30. The minimum absolute atomic E-state index is 0.349. The molecule has 0 aliphatic carbocycles. The van der Waals surface area contributed by atoms with Gasteiger partial charge >= 0.3 is 10.3 Å². The third-order valence-electron chi connectivity index (χ3n) is 5.59. The number of hydrogen-bond donors (Lipinski definition) is 4. The Morgan fingerprint density at radius 3 is 2.69 bits per heavy atom. The molecule has 0 bridgehead atoms. The lowest BCUT2D eigenvalue weighted by molar-refractivity contribution is 0.221. The van der Waals surface area contributed by atoms with Crippen molar-refractivity contribution >= 4 is 54.1 Å². The number of nitrogens with one attached hydrogen (secondary N) is 3. The summed E-state index contributed by atoms with van der Waals surface area (Å²) in [7, 11) is -4.30. The Labute approximate surface area is 207 Å². The molecule has 5 aromatic rings. The van der Waals surface area contributed by atoms with Crippen molar-refractivity contribution in [2.45, 2.75) is 19.9 Å². The van der Waals surface area contributed by atoms with Crippen LogP contribution in [0.25, 0.3) is 31.6 Å². The zero-order valence-electron chi connectivity index (χ0n) is 19.0. The van der Waals surface area contributed by atoms with Crippen LogP contribution in [0.5, 0.6) is 0 Å². The molecule has 5 rings (SSSR count). The Morgan fingerprint density at radius 1 is 1.09 bits per heavy atom. The molecule has 0 fully saturated rings. The van der Waals surface area contributed by atoms with Gasteiger partial charge in [0, 0.05) is 47.0 Å². The van der Waals surface area contributed by atoms with Crippen LogP contribution >= 0.6 is 11.3 Å². The highest BCUT2D eigenvalue weighted by Crippen LogP contribution is 2.37. The van der Waals surface area contributed by atoms with Gasteiger partial charge in [0.05, 0.1) is 15.9 Å². The molecule has 0 aliphatic rings. The number of thiophene rings is 1. The lowest BCUT2D eigenvalue weighted by Crippen LogP contribution is -2.41. The molecule has 0 saturated heterocycles. The molecule has 0 radical (unpaired) electrons. The molecule has 0 amide bonds. The second kappa shape index (κ2) is 9.76. The van der Waals surface area contributed by atoms with E-state index in [-0.39, 0.29) is 0 Å². The standard InChI is InChI=1S/C25H25N5O3S2/c1-2-13-30(29-35(31,32)33)16-17-3-5-18(6-4-17)24-15-23-25(34-24)22(10-12-27-23)28-20-7-8-21-19(14-20)9-11-26-21/h3-12,14-15,26,29H,2,13,16H2,1H3,(H,27,28)(H,31,32,33). The molecule has 35 heavy (non-hydrogen) atoms. The molecule has 0 aliphatic heterocycles. The molecule has 10 heteroatoms. The highest BCUT2D eigenvalue weighted by molar-refractivity contribution is 7.83. The van der Waals surface area contributed by atoms with Crippen molar-refractivity contribution in [2.75, 3.05) is 11.9 Å². The van der Waals surface area contributed by atoms with Crippen LogP contribution in [0, 0.1) is 0 Å². The number of nitrogens with zero attached hydrogens (tertiary/aromatic N) is 2. The van der Waals surface area contributed by atoms with Crippen LogP contribution in [0.1, 0.15) is 18.9 Å². The van der Waals surface area contributed by atoms with E-state index in [0.717, 1.165) is 54.9 Å². The number of pyridine rings is 1. The fourth-order valence-corrected chi connectivity index (χ4v) is 5.62. The number of aromatic nitrogens is 2. The molecular weight excluding hydrogens is 482 g/mol. The first-order valence-electron chi connectivity index (χ1n) is 11.2. The Bertz CT molecular complexity index is 1580. The number of benzene rings is 2. The lowest BCUT2D eigenvalue weighted by Gasteiger charge is -2.20. The normalized spacial score (nSPS) is 12.1. The molecule has 0 atom stereocenters. The van der Waals surface area contributed by atoms with Gasteiger partial charge in [-0.15, -0.1) is 16.2 Å². The first-order valence-corrected chi connectivity index (χ1v) is 13.5. The topological polar surface area (TPSA) is 110 Å². The predicted octanol–water partition coefficient (Wildman–Crippen LogP) is 5.71. The third kappa shape index (κ3) is 5.53. The van der Waals surface area contributed by atoms with E-state index >= 15 is 0 Å². The molecule has 3 heterocycles. The molecule has 0 unspecified atom stereocenters. The monoisotopic (exact) mass is 507 g/mol. The summed E-state index contributed by atoms with van der Waals surface area (Å²) in [6.07, 6.45) is 4.48. The fraction of sp³-hybridized carbons (Fsp3) is 0.160. The molecule has 3 aromatic heterocycles. The maximum Gasteiger partial charge on any atom is 0.346 e. The van der Waals surface area contributed by atoms with Crippen molar-refractivity contribution in [3.8, 4) is 10.4 Å². The van der Waals surface area contributed by atoms with Gasteiger partial charge in [0.1, 0.15) is 0 Å². The average Bonchev–Trinajstić information content (AvgIpc) is 3.46. The number of H-pyrrole nitrogens is 1. The van der Waals surface area contributed by atoms with Crippen molar-refractivity contribution in [2.24, 2.45) is 0 Å². The fourth-order valence-electron chi connectivity index (χ4n) is 4.05. The first-order chi connectivity index (χ1) is 16.9. The Morgan fingerprint density at radius 2 is 1.91 bits per heavy atom. The number of hydrogen-bond acceptors (Lipinski definition) is 6. The van der Waals surface area contributed by atoms with E-state index in [1.807, 2.05) is 49.6 Å². The maximum atomic E-state index is 11.2. The number of anilines is 2. The van der Waals surface area contributed by atoms with Gasteiger partial charge in [-0.25, -0.2) is 5.01 Å². The summed E-state index contributed by atoms with van der Waals surface area (Å²) in [5.41, 5.74) is 6.03. The highest BCUT2D eigenvalue weighted by Gasteiger charge is 2.13. The van der Waals surface area contributed by atoms with Crippen molar-refractivity contribution in [3.63, 3.8) is 0 Å². The van der Waals surface area contributed by atoms with Crippen LogP contribution in [0.3, 0.4) is 0 Å². The van der Waals surface area contributed by atoms with E-state index in [2.05, 4.69) is 50.4 Å². The van der Waals surface area contributed by atoms with E-state index in [1.54, 1.807) is 11.3 Å². The summed E-state index contributed by atoms with van der Waals surface area (Å²) < 4.78 is 32.6. The van der Waals surface area contributed by atoms with Crippen LogP contribution in [-0.4, -0.2) is 34.5 Å². The van der Waals surface area contributed by atoms with E-state index in [4.69, 9.17) is 4.55 Å². The molecule has 2 aromatic carbocycles. The number of fused-ring (bicyclic) bond motifs is 2. The molecule has 8 nitrogen and oxygen atoms in total. The molecule has 0 saturated carbocycles. The van der Waals surface area contributed by atoms with Gasteiger partial charge in [-0.1, -0.05) is 31.2 Å². The minimum Gasteiger partial charge on any atom is -0.361 e. The summed E-state index contributed by atoms with van der Waals surface area (Å²) in [4.78, 5) is 11.0. The SMILES string of the molecule is CCCN(Cc1ccc(-c2cc3nccc(Nc4ccc5[nH]ccc5c4)c3s2)cc1)NS(=O)(=O)O. The van der Waals surface area contributed by atoms with E-state index in [9.17, 15) is 8.42 Å². The number of aromatic amines is 1. The van der Waals surface area contributed by atoms with Crippen molar-refractivity contribution < 1.29 is 13.0 Å². The molecule has 4 N–H and O–H groups in total. The predicted molar refractivity (Wildman–Crippen MR) is 142 cm³/mol. The maximum absolute atomic E-state index is 11.2. The van der Waals surface area contributed by atoms with E-state index in [1.165, 1.54) is 5.01 Å². The van der Waals surface area contributed by atoms with Crippen molar-refractivity contribution in [1.29, 1.82) is 0 Å². The Kier molecular flexibility index (Phi) is 6.54. The van der Waals surface area contributed by atoms with Gasteiger partial charge in [0.2, 0.25) is 0 Å². The van der Waals surface area contributed by atoms with Crippen LogP contribution < -0.4 is 10.1 Å². The largest absolute Gasteiger partial charge is 0.361 e. The van der Waals surface area contributed by atoms with E-state index in [0.29, 0.717) is 13.1 Å². The van der Waals surface area contributed by atoms with Gasteiger partial charge < -0.3 is 10.3 Å². The number of hydrazine groups is 1. The average molecular weight is 508 g/mol. The van der Waals surface area contributed by atoms with E-state index < -0.39 is 10.3 Å². The van der Waals surface area contributed by atoms with Crippen molar-refractivity contribution in [3.05, 3.63) is 78.6 Å². The number of rotatable bonds is 9. The smallest absolute Gasteiger partial charge is 0.346 e. The van der Waals surface area contributed by atoms with Gasteiger partial charge in [0.25, 0.3) is 0 Å². The lowest BCUT2D eigenvalue weighted by atomic mass is 10.1. The van der Waals surface area contributed by atoms with Gasteiger partial charge in [-0.2, -0.15) is 8.42 Å². The first kappa shape index (κ1) is 23.5. The molecule has 180 valence electrons. The second-order valence-corrected chi connectivity index (χ2v) is 10.5. The summed E-state index contributed by atoms with van der Waals surface area (Å²) >= 11 is 1.67. The summed E-state index contributed by atoms with van der Waals surface area (Å²) in [5, 5.41) is 6.16. The summed E-state index contributed by atoms with van der Waals surface area (Å²) in [6.45, 7) is 2.77. The van der Waals surface area contributed by atoms with Crippen LogP contribution in [0.4, 0.5) is 11.4 Å². The third-order valence-corrected chi connectivity index (χ3v) is 7.29. The summed E-state index contributed by atoms with van der Waals surface area (Å²) in [5.74, 6) is 0. The van der Waals surface area contributed by atoms with Crippen LogP contribution in [0.15, 0.2) is 73.1 Å².